The molecule has 1 N–H and O–H groups in total. The molecule has 0 radical (unpaired) electrons. The van der Waals surface area contributed by atoms with Crippen LogP contribution in [0, 0.1) is 5.41 Å². The third-order valence-corrected chi connectivity index (χ3v) is 4.79. The van der Waals surface area contributed by atoms with Gasteiger partial charge in [-0.1, -0.05) is 39.0 Å². The van der Waals surface area contributed by atoms with Gasteiger partial charge in [0.15, 0.2) is 0 Å². The number of aliphatic hydroxyl groups is 1. The molecule has 0 aliphatic heterocycles. The Morgan fingerprint density at radius 3 is 2.13 bits per heavy atom. The Morgan fingerprint density at radius 1 is 1.03 bits per heavy atom. The molecule has 0 heterocycles. The van der Waals surface area contributed by atoms with Crippen LogP contribution in [-0.2, 0) is 22.3 Å². The number of halogens is 3. The van der Waals surface area contributed by atoms with E-state index in [0.29, 0.717) is 11.3 Å². The Labute approximate surface area is 179 Å². The average Bonchev–Trinajstić information content (AvgIpc) is 2.70. The van der Waals surface area contributed by atoms with Gasteiger partial charge in [0, 0.05) is 23.1 Å². The third kappa shape index (κ3) is 6.30. The van der Waals surface area contributed by atoms with Gasteiger partial charge in [0.2, 0.25) is 0 Å². The molecule has 1 unspecified atom stereocenters. The maximum atomic E-state index is 13.1. The summed E-state index contributed by atoms with van der Waals surface area (Å²) in [6.45, 7) is 4.97. The van der Waals surface area contributed by atoms with Crippen molar-refractivity contribution in [1.29, 1.82) is 0 Å². The highest BCUT2D eigenvalue weighted by molar-refractivity contribution is 5.99. The van der Waals surface area contributed by atoms with Gasteiger partial charge in [-0.05, 0) is 30.3 Å². The summed E-state index contributed by atoms with van der Waals surface area (Å²) in [6, 6.07) is 10.9. The number of carbonyl (C=O) groups excluding carboxylic acids is 2. The van der Waals surface area contributed by atoms with Crippen molar-refractivity contribution in [3.05, 3.63) is 59.7 Å². The predicted molar refractivity (Wildman–Crippen MR) is 111 cm³/mol. The Hall–Kier alpha value is -2.87. The molecule has 0 aromatic heterocycles. The molecule has 1 amide bonds. The second kappa shape index (κ2) is 9.51. The molecule has 2 aromatic carbocycles. The number of anilines is 1. The van der Waals surface area contributed by atoms with Crippen molar-refractivity contribution in [3.8, 4) is 5.75 Å². The van der Waals surface area contributed by atoms with Gasteiger partial charge < -0.3 is 14.7 Å². The van der Waals surface area contributed by atoms with Gasteiger partial charge in [-0.25, -0.2) is 0 Å². The number of benzene rings is 2. The van der Waals surface area contributed by atoms with Crippen LogP contribution in [0.25, 0.3) is 0 Å². The number of ether oxygens (including phenoxy) is 1. The average molecular weight is 437 g/mol. The maximum Gasteiger partial charge on any atom is 0.416 e. The molecule has 0 aliphatic rings. The molecule has 2 rings (SSSR count). The van der Waals surface area contributed by atoms with Crippen LogP contribution < -0.4 is 9.64 Å². The molecular formula is C23H26F3NO4. The monoisotopic (exact) mass is 437 g/mol. The summed E-state index contributed by atoms with van der Waals surface area (Å²) in [6.07, 6.45) is -6.55. The number of Topliss-reactive ketones (excluding diaryl/α,β-unsaturated/α-hetero) is 1. The summed E-state index contributed by atoms with van der Waals surface area (Å²) >= 11 is 0. The summed E-state index contributed by atoms with van der Waals surface area (Å²) in [5.41, 5.74) is -0.855. The largest absolute Gasteiger partial charge is 0.496 e. The number of alkyl halides is 3. The van der Waals surface area contributed by atoms with Crippen molar-refractivity contribution in [1.82, 2.24) is 0 Å². The fourth-order valence-electron chi connectivity index (χ4n) is 2.88. The number of rotatable bonds is 7. The van der Waals surface area contributed by atoms with Gasteiger partial charge in [0.1, 0.15) is 17.6 Å². The zero-order valence-corrected chi connectivity index (χ0v) is 17.9. The first kappa shape index (κ1) is 24.4. The molecule has 2 aromatic rings. The standard InChI is InChI=1S/C23H26F3NO4/c1-22(2,3)20(29)13-18(28)21(30)27(14-15-7-5-6-8-19(15)31-4)17-11-9-16(10-12-17)23(24,25)26/h5-12,18,28H,13-14H2,1-4H3. The van der Waals surface area contributed by atoms with E-state index in [1.54, 1.807) is 45.0 Å². The summed E-state index contributed by atoms with van der Waals surface area (Å²) in [7, 11) is 1.46. The zero-order chi connectivity index (χ0) is 23.4. The number of methoxy groups -OCH3 is 1. The molecule has 5 nitrogen and oxygen atoms in total. The number of para-hydroxylation sites is 1. The minimum absolute atomic E-state index is 0.0605. The molecule has 168 valence electrons. The van der Waals surface area contributed by atoms with Gasteiger partial charge in [0.05, 0.1) is 19.2 Å². The molecule has 0 saturated heterocycles. The number of hydrogen-bond acceptors (Lipinski definition) is 4. The van der Waals surface area contributed by atoms with Gasteiger partial charge >= 0.3 is 6.18 Å². The Bertz CT molecular complexity index is 918. The van der Waals surface area contributed by atoms with Crippen molar-refractivity contribution >= 4 is 17.4 Å². The van der Waals surface area contributed by atoms with Gasteiger partial charge in [-0.2, -0.15) is 13.2 Å². The molecule has 8 heteroatoms. The van der Waals surface area contributed by atoms with Crippen LogP contribution in [0.2, 0.25) is 0 Å². The van der Waals surface area contributed by atoms with Crippen LogP contribution in [0.1, 0.15) is 38.3 Å². The minimum Gasteiger partial charge on any atom is -0.496 e. The van der Waals surface area contributed by atoms with E-state index in [-0.39, 0.29) is 18.0 Å². The van der Waals surface area contributed by atoms with Crippen molar-refractivity contribution < 1.29 is 32.6 Å². The molecule has 31 heavy (non-hydrogen) atoms. The molecule has 0 bridgehead atoms. The molecule has 1 atom stereocenters. The van der Waals surface area contributed by atoms with Crippen molar-refractivity contribution in [2.24, 2.45) is 5.41 Å². The number of carbonyl (C=O) groups is 2. The Balaban J connectivity index is 2.40. The first-order chi connectivity index (χ1) is 14.3. The van der Waals surface area contributed by atoms with Crippen molar-refractivity contribution in [2.45, 2.75) is 46.0 Å². The van der Waals surface area contributed by atoms with Crippen LogP contribution in [0.5, 0.6) is 5.75 Å². The Kier molecular flexibility index (Phi) is 7.49. The van der Waals surface area contributed by atoms with Gasteiger partial charge in [-0.15, -0.1) is 0 Å². The van der Waals surface area contributed by atoms with Crippen molar-refractivity contribution in [3.63, 3.8) is 0 Å². The number of hydrogen-bond donors (Lipinski definition) is 1. The van der Waals surface area contributed by atoms with E-state index in [1.165, 1.54) is 7.11 Å². The zero-order valence-electron chi connectivity index (χ0n) is 17.9. The number of amides is 1. The molecular weight excluding hydrogens is 411 g/mol. The molecule has 0 aliphatic carbocycles. The second-order valence-electron chi connectivity index (χ2n) is 8.17. The minimum atomic E-state index is -4.52. The fourth-order valence-corrected chi connectivity index (χ4v) is 2.88. The first-order valence-electron chi connectivity index (χ1n) is 9.66. The van der Waals surface area contributed by atoms with E-state index >= 15 is 0 Å². The topological polar surface area (TPSA) is 66.8 Å². The lowest BCUT2D eigenvalue weighted by molar-refractivity contribution is -0.137. The van der Waals surface area contributed by atoms with Crippen molar-refractivity contribution in [2.75, 3.05) is 12.0 Å². The van der Waals surface area contributed by atoms with Crippen LogP contribution >= 0.6 is 0 Å². The maximum absolute atomic E-state index is 13.1. The van der Waals surface area contributed by atoms with Crippen LogP contribution in [0.15, 0.2) is 48.5 Å². The lowest BCUT2D eigenvalue weighted by atomic mass is 9.87. The quantitative estimate of drug-likeness (QED) is 0.687. The van der Waals surface area contributed by atoms with E-state index in [0.717, 1.165) is 29.2 Å². The van der Waals surface area contributed by atoms with Crippen LogP contribution in [0.4, 0.5) is 18.9 Å². The van der Waals surface area contributed by atoms with E-state index < -0.39 is 35.6 Å². The molecule has 0 fully saturated rings. The van der Waals surface area contributed by atoms with Gasteiger partial charge in [0.25, 0.3) is 5.91 Å². The normalized spacial score (nSPS) is 12.9. The summed E-state index contributed by atoms with van der Waals surface area (Å²) in [5, 5.41) is 10.4. The van der Waals surface area contributed by atoms with Crippen LogP contribution in [0.3, 0.4) is 0 Å². The number of nitrogens with zero attached hydrogens (tertiary/aromatic N) is 1. The highest BCUT2D eigenvalue weighted by Gasteiger charge is 2.32. The van der Waals surface area contributed by atoms with Gasteiger partial charge in [-0.3, -0.25) is 9.59 Å². The summed E-state index contributed by atoms with van der Waals surface area (Å²) in [5.74, 6) is -0.617. The highest BCUT2D eigenvalue weighted by atomic mass is 19.4. The van der Waals surface area contributed by atoms with E-state index in [9.17, 15) is 27.9 Å². The summed E-state index contributed by atoms with van der Waals surface area (Å²) < 4.78 is 44.1. The van der Waals surface area contributed by atoms with Crippen LogP contribution in [-0.4, -0.2) is 30.0 Å². The van der Waals surface area contributed by atoms with E-state index in [4.69, 9.17) is 4.74 Å². The predicted octanol–water partition coefficient (Wildman–Crippen LogP) is 4.61. The molecule has 0 spiro atoms. The number of ketones is 1. The Morgan fingerprint density at radius 2 is 1.61 bits per heavy atom. The lowest BCUT2D eigenvalue weighted by Crippen LogP contribution is -2.41. The first-order valence-corrected chi connectivity index (χ1v) is 9.66. The molecule has 0 saturated carbocycles. The number of aliphatic hydroxyl groups excluding tert-OH is 1. The lowest BCUT2D eigenvalue weighted by Gasteiger charge is -2.27. The summed E-state index contributed by atoms with van der Waals surface area (Å²) in [4.78, 5) is 26.5. The van der Waals surface area contributed by atoms with E-state index in [2.05, 4.69) is 0 Å². The third-order valence-electron chi connectivity index (χ3n) is 4.79. The smallest absolute Gasteiger partial charge is 0.416 e. The fraction of sp³-hybridized carbons (Fsp3) is 0.391. The van der Waals surface area contributed by atoms with E-state index in [1.807, 2.05) is 0 Å². The SMILES string of the molecule is COc1ccccc1CN(C(=O)C(O)CC(=O)C(C)(C)C)c1ccc(C(F)(F)F)cc1. The highest BCUT2D eigenvalue weighted by Crippen LogP contribution is 2.32. The second-order valence-corrected chi connectivity index (χ2v) is 8.17.